The molecule has 0 aliphatic carbocycles. The van der Waals surface area contributed by atoms with Crippen LogP contribution in [0.4, 0.5) is 0 Å². The summed E-state index contributed by atoms with van der Waals surface area (Å²) in [5, 5.41) is 6.03. The number of nitrogens with zero attached hydrogens (tertiary/aromatic N) is 4. The third-order valence-corrected chi connectivity index (χ3v) is 19.8. The van der Waals surface area contributed by atoms with Gasteiger partial charge in [0.25, 0.3) is 0 Å². The zero-order valence-electron chi connectivity index (χ0n) is 37.7. The van der Waals surface area contributed by atoms with Crippen molar-refractivity contribution in [1.82, 2.24) is 9.97 Å². The molecule has 2 aliphatic rings. The maximum absolute atomic E-state index is 6.34. The van der Waals surface area contributed by atoms with Gasteiger partial charge in [0.15, 0.2) is 0 Å². The van der Waals surface area contributed by atoms with Gasteiger partial charge in [-0.05, 0) is 175 Å². The summed E-state index contributed by atoms with van der Waals surface area (Å²) in [6, 6.07) is 65.9. The first-order valence-electron chi connectivity index (χ1n) is 22.3. The van der Waals surface area contributed by atoms with Crippen LogP contribution in [0, 0.1) is 7.14 Å². The van der Waals surface area contributed by atoms with E-state index >= 15 is 0 Å². The first kappa shape index (κ1) is 52.5. The van der Waals surface area contributed by atoms with Crippen molar-refractivity contribution in [1.29, 1.82) is 0 Å². The summed E-state index contributed by atoms with van der Waals surface area (Å²) < 4.78 is 17.1. The minimum atomic E-state index is 0. The standard InChI is InChI=1S/2C29H17I2N2OS2.Ni/c2*30-21-16-23(32-28(21)35-19-10-3-1-4-11-19)27(26-15-18-9-7-8-14-25(18)34-26)24-17-22(31)29(33-24)36-20-12-5-2-6-13-20;/h2*1-17H;/q2*-1;+2/b2*27-23+;. The molecule has 4 aromatic heterocycles. The van der Waals surface area contributed by atoms with Crippen molar-refractivity contribution in [3.8, 4) is 0 Å². The number of hydrogen-bond acceptors (Lipinski definition) is 8. The molecule has 73 heavy (non-hydrogen) atoms. The van der Waals surface area contributed by atoms with Gasteiger partial charge in [0.2, 0.25) is 0 Å². The smallest absolute Gasteiger partial charge is 0.651 e. The number of benzene rings is 6. The van der Waals surface area contributed by atoms with E-state index in [0.29, 0.717) is 0 Å². The fourth-order valence-corrected chi connectivity index (χ4v) is 13.9. The number of thioether (sulfide) groups is 2. The molecule has 0 spiro atoms. The summed E-state index contributed by atoms with van der Waals surface area (Å²) in [6.07, 6.45) is 4.25. The van der Waals surface area contributed by atoms with E-state index in [4.69, 9.17) is 28.8 Å². The SMILES string of the molecule is IC1=C/C(=C(/c2cc(I)c(Sc3ccccc3)[n-]2)c2cc3ccccc3o2)N=C1Sc1ccccc1.IC1=C/C(=C(/c2cc(I)c(Sc3ccccc3)[n-]2)c2cc3ccccc3o2)N=C1Sc1ccccc1.[Ni+2]. The number of fused-ring (bicyclic) bond motifs is 2. The zero-order chi connectivity index (χ0) is 49.0. The Bertz CT molecular complexity index is 3490. The topological polar surface area (TPSA) is 79.2 Å². The Kier molecular flexibility index (Phi) is 17.5. The Morgan fingerprint density at radius 2 is 0.726 bits per heavy atom. The Hall–Kier alpha value is -3.93. The molecule has 0 atom stereocenters. The maximum Gasteiger partial charge on any atom is 2.00 e. The van der Waals surface area contributed by atoms with Crippen molar-refractivity contribution in [3.63, 3.8) is 0 Å². The van der Waals surface area contributed by atoms with Crippen LogP contribution in [0.25, 0.3) is 33.1 Å². The van der Waals surface area contributed by atoms with Gasteiger partial charge in [0, 0.05) is 55.8 Å². The van der Waals surface area contributed by atoms with Gasteiger partial charge in [-0.15, -0.1) is 34.9 Å². The van der Waals surface area contributed by atoms with Crippen LogP contribution in [0.5, 0.6) is 0 Å². The van der Waals surface area contributed by atoms with E-state index < -0.39 is 0 Å². The van der Waals surface area contributed by atoms with Crippen LogP contribution in [0.1, 0.15) is 22.9 Å². The van der Waals surface area contributed by atoms with Crippen molar-refractivity contribution >= 4 is 181 Å². The number of furan rings is 2. The molecule has 360 valence electrons. The summed E-state index contributed by atoms with van der Waals surface area (Å²) in [6.45, 7) is 0. The fraction of sp³-hybridized carbons (Fsp3) is 0. The third kappa shape index (κ3) is 12.5. The molecular weight excluding hydrogens is 1480 g/mol. The number of allylic oxidation sites excluding steroid dienone is 2. The Balaban J connectivity index is 0.000000165. The van der Waals surface area contributed by atoms with E-state index in [9.17, 15) is 0 Å². The molecule has 0 N–H and O–H groups in total. The largest absolute Gasteiger partial charge is 2.00 e. The Morgan fingerprint density at radius 3 is 1.08 bits per heavy atom. The van der Waals surface area contributed by atoms with E-state index in [1.54, 1.807) is 47.0 Å². The second-order valence-electron chi connectivity index (χ2n) is 15.9. The van der Waals surface area contributed by atoms with Gasteiger partial charge in [-0.2, -0.15) is 0 Å². The third-order valence-electron chi connectivity index (χ3n) is 11.0. The van der Waals surface area contributed by atoms with Gasteiger partial charge in [-0.3, -0.25) is 0 Å². The van der Waals surface area contributed by atoms with E-state index in [1.165, 1.54) is 0 Å². The number of hydrogen-bond donors (Lipinski definition) is 0. The number of aliphatic imine (C=N–C) groups is 2. The number of rotatable bonds is 10. The van der Waals surface area contributed by atoms with Crippen LogP contribution >= 0.6 is 137 Å². The minimum Gasteiger partial charge on any atom is -0.651 e. The first-order chi connectivity index (χ1) is 35.3. The predicted octanol–water partition coefficient (Wildman–Crippen LogP) is 18.9. The van der Waals surface area contributed by atoms with Crippen molar-refractivity contribution in [2.75, 3.05) is 0 Å². The average Bonchev–Trinajstić information content (AvgIpc) is 4.28. The van der Waals surface area contributed by atoms with Crippen molar-refractivity contribution in [2.24, 2.45) is 9.98 Å². The molecule has 0 fully saturated rings. The fourth-order valence-electron chi connectivity index (χ4n) is 7.68. The zero-order valence-corrected chi connectivity index (χ0v) is 50.6. The second kappa shape index (κ2) is 24.4. The van der Waals surface area contributed by atoms with Gasteiger partial charge in [-0.1, -0.05) is 155 Å². The Labute approximate surface area is 503 Å². The van der Waals surface area contributed by atoms with E-state index in [1.807, 2.05) is 109 Å². The number of para-hydroxylation sites is 2. The summed E-state index contributed by atoms with van der Waals surface area (Å²) in [4.78, 5) is 24.9. The molecule has 0 radical (unpaired) electrons. The summed E-state index contributed by atoms with van der Waals surface area (Å²) in [5.41, 5.74) is 6.97. The molecule has 10 aromatic rings. The molecule has 0 saturated carbocycles. The van der Waals surface area contributed by atoms with Crippen molar-refractivity contribution in [3.05, 3.63) is 255 Å². The predicted molar refractivity (Wildman–Crippen MR) is 334 cm³/mol. The Morgan fingerprint density at radius 1 is 0.397 bits per heavy atom. The molecule has 12 rings (SSSR count). The minimum absolute atomic E-state index is 0. The van der Waals surface area contributed by atoms with Gasteiger partial charge in [0.1, 0.15) is 32.8 Å². The van der Waals surface area contributed by atoms with Crippen LogP contribution in [-0.4, -0.2) is 10.1 Å². The summed E-state index contributed by atoms with van der Waals surface area (Å²) >= 11 is 16.2. The molecule has 6 nitrogen and oxygen atoms in total. The van der Waals surface area contributed by atoms with Crippen LogP contribution in [0.15, 0.2) is 273 Å². The van der Waals surface area contributed by atoms with E-state index in [0.717, 1.165) is 121 Å². The molecule has 0 bridgehead atoms. The van der Waals surface area contributed by atoms with E-state index in [2.05, 4.69) is 187 Å². The molecule has 0 amide bonds. The van der Waals surface area contributed by atoms with Gasteiger partial charge in [0.05, 0.1) is 11.4 Å². The molecular formula is C58H34I4N4NiO2S4. The monoisotopic (exact) mass is 1510 g/mol. The molecule has 6 heterocycles. The van der Waals surface area contributed by atoms with Crippen molar-refractivity contribution in [2.45, 2.75) is 29.6 Å². The van der Waals surface area contributed by atoms with Crippen LogP contribution in [0.3, 0.4) is 0 Å². The van der Waals surface area contributed by atoms with Gasteiger partial charge >= 0.3 is 16.5 Å². The second-order valence-corrected chi connectivity index (χ2v) is 24.8. The van der Waals surface area contributed by atoms with Gasteiger partial charge in [-0.25, -0.2) is 9.98 Å². The molecule has 6 aromatic carbocycles. The van der Waals surface area contributed by atoms with Crippen LogP contribution in [0.2, 0.25) is 0 Å². The van der Waals surface area contributed by atoms with E-state index in [-0.39, 0.29) is 16.5 Å². The molecule has 0 unspecified atom stereocenters. The maximum atomic E-state index is 6.34. The van der Waals surface area contributed by atoms with Crippen LogP contribution < -0.4 is 9.97 Å². The first-order valence-corrected chi connectivity index (χ1v) is 29.8. The molecule has 15 heteroatoms. The number of halogens is 4. The summed E-state index contributed by atoms with van der Waals surface area (Å²) in [7, 11) is 0. The quantitative estimate of drug-likeness (QED) is 0.0990. The van der Waals surface area contributed by atoms with Crippen molar-refractivity contribution < 1.29 is 25.3 Å². The molecule has 2 aliphatic heterocycles. The normalized spacial score (nSPS) is 14.5. The number of aromatic nitrogens is 2. The van der Waals surface area contributed by atoms with Gasteiger partial charge < -0.3 is 18.8 Å². The average molecular weight is 1510 g/mol. The summed E-state index contributed by atoms with van der Waals surface area (Å²) in [5.74, 6) is 1.54. The molecule has 0 saturated heterocycles. The van der Waals surface area contributed by atoms with Crippen LogP contribution in [-0.2, 0) is 16.5 Å².